The number of carbonyl (C=O) groups excluding carboxylic acids is 1. The number of ether oxygens (including phenoxy) is 1. The number of hydrogen-bond donors (Lipinski definition) is 1. The molecule has 5 nitrogen and oxygen atoms in total. The Morgan fingerprint density at radius 3 is 2.55 bits per heavy atom. The van der Waals surface area contributed by atoms with Gasteiger partial charge in [0.05, 0.1) is 16.7 Å². The smallest absolute Gasteiger partial charge is 0.225 e. The summed E-state index contributed by atoms with van der Waals surface area (Å²) in [5, 5.41) is 4.46. The van der Waals surface area contributed by atoms with Gasteiger partial charge >= 0.3 is 0 Å². The van der Waals surface area contributed by atoms with Gasteiger partial charge < -0.3 is 10.1 Å². The van der Waals surface area contributed by atoms with Crippen molar-refractivity contribution < 1.29 is 17.9 Å². The summed E-state index contributed by atoms with van der Waals surface area (Å²) < 4.78 is 32.5. The molecule has 2 aliphatic rings. The van der Waals surface area contributed by atoms with Gasteiger partial charge in [0.1, 0.15) is 10.6 Å². The van der Waals surface area contributed by atoms with Crippen molar-refractivity contribution >= 4 is 32.8 Å². The zero-order valence-corrected chi connectivity index (χ0v) is 18.5. The standard InChI is InChI=1S/C24H23NO4S2/c26-22-14-20(16-7-6-10-18(13-16)29-17-8-4-5-9-17)24-23(25-22)21(15-30-24)31(27,28)19-11-2-1-3-12-19/h1-3,6-7,10-13,15,17,20H,4-5,8-9,14H2,(H,25,26)/t20-/m1/s1. The van der Waals surface area contributed by atoms with Crippen molar-refractivity contribution in [1.29, 1.82) is 0 Å². The van der Waals surface area contributed by atoms with Crippen LogP contribution in [0.5, 0.6) is 5.75 Å². The molecule has 0 spiro atoms. The van der Waals surface area contributed by atoms with E-state index >= 15 is 0 Å². The lowest BCUT2D eigenvalue weighted by molar-refractivity contribution is -0.116. The second-order valence-corrected chi connectivity index (χ2v) is 10.9. The molecule has 0 radical (unpaired) electrons. The van der Waals surface area contributed by atoms with Crippen molar-refractivity contribution in [2.45, 2.75) is 53.9 Å². The number of benzene rings is 2. The highest BCUT2D eigenvalue weighted by Gasteiger charge is 2.34. The summed E-state index contributed by atoms with van der Waals surface area (Å²) in [6, 6.07) is 16.2. The van der Waals surface area contributed by atoms with Crippen LogP contribution in [0.1, 0.15) is 48.5 Å². The van der Waals surface area contributed by atoms with E-state index in [1.165, 1.54) is 24.2 Å². The molecule has 1 atom stereocenters. The van der Waals surface area contributed by atoms with Crippen LogP contribution in [0.2, 0.25) is 0 Å². The van der Waals surface area contributed by atoms with Gasteiger partial charge in [0.2, 0.25) is 15.7 Å². The first kappa shape index (κ1) is 20.3. The second-order valence-electron chi connectivity index (χ2n) is 8.06. The van der Waals surface area contributed by atoms with E-state index in [9.17, 15) is 13.2 Å². The Labute approximate surface area is 186 Å². The topological polar surface area (TPSA) is 72.5 Å². The van der Waals surface area contributed by atoms with Crippen molar-refractivity contribution in [3.63, 3.8) is 0 Å². The third-order valence-electron chi connectivity index (χ3n) is 5.96. The monoisotopic (exact) mass is 453 g/mol. The van der Waals surface area contributed by atoms with Gasteiger partial charge in [0.25, 0.3) is 0 Å². The van der Waals surface area contributed by atoms with Crippen molar-refractivity contribution in [1.82, 2.24) is 0 Å². The van der Waals surface area contributed by atoms with Crippen molar-refractivity contribution in [2.24, 2.45) is 0 Å². The van der Waals surface area contributed by atoms with E-state index in [-0.39, 0.29) is 34.1 Å². The summed E-state index contributed by atoms with van der Waals surface area (Å²) in [7, 11) is -3.72. The average Bonchev–Trinajstić information content (AvgIpc) is 3.44. The Morgan fingerprint density at radius 2 is 1.77 bits per heavy atom. The maximum absolute atomic E-state index is 13.2. The molecule has 5 rings (SSSR count). The van der Waals surface area contributed by atoms with Gasteiger partial charge in [-0.1, -0.05) is 30.3 Å². The van der Waals surface area contributed by atoms with Gasteiger partial charge in [-0.3, -0.25) is 4.79 Å². The van der Waals surface area contributed by atoms with Crippen molar-refractivity contribution in [3.05, 3.63) is 70.4 Å². The molecule has 3 aromatic rings. The van der Waals surface area contributed by atoms with E-state index in [4.69, 9.17) is 4.74 Å². The minimum absolute atomic E-state index is 0.162. The van der Waals surface area contributed by atoms with E-state index in [0.717, 1.165) is 29.0 Å². The van der Waals surface area contributed by atoms with Crippen LogP contribution in [-0.2, 0) is 14.6 Å². The summed E-state index contributed by atoms with van der Waals surface area (Å²) in [4.78, 5) is 13.8. The predicted molar refractivity (Wildman–Crippen MR) is 121 cm³/mol. The average molecular weight is 454 g/mol. The first-order valence-corrected chi connectivity index (χ1v) is 12.9. The number of carbonyl (C=O) groups is 1. The summed E-state index contributed by atoms with van der Waals surface area (Å²) in [6.45, 7) is 0. The molecule has 0 saturated heterocycles. The lowest BCUT2D eigenvalue weighted by atomic mass is 9.90. The van der Waals surface area contributed by atoms with Crippen LogP contribution in [0, 0.1) is 0 Å². The number of anilines is 1. The lowest BCUT2D eigenvalue weighted by Crippen LogP contribution is -2.23. The Balaban J connectivity index is 1.51. The van der Waals surface area contributed by atoms with Gasteiger partial charge in [-0.05, 0) is 55.5 Å². The van der Waals surface area contributed by atoms with Crippen molar-refractivity contribution in [3.8, 4) is 5.75 Å². The van der Waals surface area contributed by atoms with Crippen LogP contribution in [0.4, 0.5) is 5.69 Å². The third-order valence-corrected chi connectivity index (χ3v) is 9.00. The highest BCUT2D eigenvalue weighted by atomic mass is 32.2. The molecule has 0 bridgehead atoms. The molecular formula is C24H23NO4S2. The predicted octanol–water partition coefficient (Wildman–Crippen LogP) is 5.38. The molecule has 1 aliphatic heterocycles. The van der Waals surface area contributed by atoms with E-state index in [1.54, 1.807) is 35.7 Å². The van der Waals surface area contributed by atoms with E-state index in [1.807, 2.05) is 24.3 Å². The second kappa shape index (κ2) is 8.13. The van der Waals surface area contributed by atoms with Crippen LogP contribution >= 0.6 is 11.3 Å². The maximum atomic E-state index is 13.2. The van der Waals surface area contributed by atoms with E-state index < -0.39 is 9.84 Å². The number of rotatable bonds is 5. The summed E-state index contributed by atoms with van der Waals surface area (Å²) in [6.07, 6.45) is 5.09. The van der Waals surface area contributed by atoms with Crippen molar-refractivity contribution in [2.75, 3.05) is 5.32 Å². The molecule has 1 fully saturated rings. The lowest BCUT2D eigenvalue weighted by Gasteiger charge is -2.24. The number of hydrogen-bond acceptors (Lipinski definition) is 5. The molecule has 2 aromatic carbocycles. The molecule has 0 unspecified atom stereocenters. The molecule has 1 saturated carbocycles. The molecule has 1 aromatic heterocycles. The Kier molecular flexibility index (Phi) is 5.32. The maximum Gasteiger partial charge on any atom is 0.225 e. The molecule has 1 aliphatic carbocycles. The number of fused-ring (bicyclic) bond motifs is 1. The molecule has 160 valence electrons. The fraction of sp³-hybridized carbons (Fsp3) is 0.292. The molecule has 7 heteroatoms. The van der Waals surface area contributed by atoms with E-state index in [2.05, 4.69) is 5.32 Å². The Hall–Kier alpha value is -2.64. The molecule has 1 amide bonds. The Morgan fingerprint density at radius 1 is 1.00 bits per heavy atom. The first-order valence-electron chi connectivity index (χ1n) is 10.5. The molecule has 2 heterocycles. The van der Waals surface area contributed by atoms with Gasteiger partial charge in [-0.2, -0.15) is 0 Å². The number of sulfone groups is 1. The zero-order chi connectivity index (χ0) is 21.4. The van der Waals surface area contributed by atoms with Crippen LogP contribution < -0.4 is 10.1 Å². The van der Waals surface area contributed by atoms with Crippen LogP contribution in [0.3, 0.4) is 0 Å². The minimum atomic E-state index is -3.72. The third kappa shape index (κ3) is 3.88. The Bertz CT molecular complexity index is 1210. The SMILES string of the molecule is O=C1C[C@H](c2cccc(OC3CCCC3)c2)c2scc(S(=O)(=O)c3ccccc3)c2N1. The van der Waals surface area contributed by atoms with Crippen LogP contribution in [0.25, 0.3) is 0 Å². The minimum Gasteiger partial charge on any atom is -0.490 e. The normalized spacial score (nSPS) is 19.1. The van der Waals surface area contributed by atoms with Crippen LogP contribution in [-0.4, -0.2) is 20.4 Å². The highest BCUT2D eigenvalue weighted by Crippen LogP contribution is 2.46. The van der Waals surface area contributed by atoms with Gasteiger partial charge in [0.15, 0.2) is 0 Å². The summed E-state index contributed by atoms with van der Waals surface area (Å²) in [5.41, 5.74) is 1.38. The number of amides is 1. The molecular weight excluding hydrogens is 430 g/mol. The fourth-order valence-electron chi connectivity index (χ4n) is 4.40. The zero-order valence-electron chi connectivity index (χ0n) is 16.9. The molecule has 1 N–H and O–H groups in total. The largest absolute Gasteiger partial charge is 0.490 e. The van der Waals surface area contributed by atoms with Gasteiger partial charge in [-0.25, -0.2) is 8.42 Å². The molecule has 31 heavy (non-hydrogen) atoms. The number of nitrogens with one attached hydrogen (secondary N) is 1. The number of thiophene rings is 1. The first-order chi connectivity index (χ1) is 15.0. The highest BCUT2D eigenvalue weighted by molar-refractivity contribution is 7.91. The summed E-state index contributed by atoms with van der Waals surface area (Å²) in [5.74, 6) is 0.439. The quantitative estimate of drug-likeness (QED) is 0.563. The van der Waals surface area contributed by atoms with E-state index in [0.29, 0.717) is 5.69 Å². The van der Waals surface area contributed by atoms with Gasteiger partial charge in [0, 0.05) is 22.6 Å². The van der Waals surface area contributed by atoms with Crippen LogP contribution in [0.15, 0.2) is 69.8 Å². The summed E-state index contributed by atoms with van der Waals surface area (Å²) >= 11 is 1.38. The van der Waals surface area contributed by atoms with Gasteiger partial charge in [-0.15, -0.1) is 11.3 Å². The fourth-order valence-corrected chi connectivity index (χ4v) is 7.33.